The van der Waals surface area contributed by atoms with Gasteiger partial charge in [0, 0.05) is 12.6 Å². The van der Waals surface area contributed by atoms with Crippen LogP contribution in [-0.4, -0.2) is 34.0 Å². The van der Waals surface area contributed by atoms with Gasteiger partial charge in [-0.15, -0.1) is 11.3 Å². The van der Waals surface area contributed by atoms with E-state index in [1.165, 1.54) is 12.1 Å². The first kappa shape index (κ1) is 17.6. The van der Waals surface area contributed by atoms with Crippen molar-refractivity contribution in [3.8, 4) is 0 Å². The predicted molar refractivity (Wildman–Crippen MR) is 90.0 cm³/mol. The number of thiophene rings is 1. The third-order valence-corrected chi connectivity index (χ3v) is 6.68. The lowest BCUT2D eigenvalue weighted by Crippen LogP contribution is -2.34. The molecule has 1 aromatic carbocycles. The molecule has 0 aliphatic heterocycles. The molecule has 1 atom stereocenters. The summed E-state index contributed by atoms with van der Waals surface area (Å²) in [5, 5.41) is 0. The van der Waals surface area contributed by atoms with E-state index in [1.807, 2.05) is 19.0 Å². The zero-order chi connectivity index (χ0) is 16.3. The molecule has 2 aromatic rings. The van der Waals surface area contributed by atoms with Crippen LogP contribution >= 0.6 is 27.3 Å². The molecule has 0 spiro atoms. The molecule has 4 nitrogen and oxygen atoms in total. The van der Waals surface area contributed by atoms with E-state index in [0.717, 1.165) is 20.7 Å². The molecule has 1 N–H and O–H groups in total. The van der Waals surface area contributed by atoms with E-state index in [-0.39, 0.29) is 22.6 Å². The number of rotatable bonds is 6. The fourth-order valence-corrected chi connectivity index (χ4v) is 5.11. The third kappa shape index (κ3) is 4.36. The molecule has 2 rings (SSSR count). The molecule has 120 valence electrons. The number of hydrogen-bond donors (Lipinski definition) is 1. The highest BCUT2D eigenvalue weighted by molar-refractivity contribution is 9.11. The molecule has 1 aromatic heterocycles. The second kappa shape index (κ2) is 7.18. The quantitative estimate of drug-likeness (QED) is 0.800. The van der Waals surface area contributed by atoms with Crippen molar-refractivity contribution in [2.24, 2.45) is 0 Å². The number of nitrogens with zero attached hydrogens (tertiary/aromatic N) is 1. The van der Waals surface area contributed by atoms with Gasteiger partial charge in [0.05, 0.1) is 3.79 Å². The Hall–Kier alpha value is -0.800. The topological polar surface area (TPSA) is 49.4 Å². The van der Waals surface area contributed by atoms with Crippen LogP contribution in [0.5, 0.6) is 0 Å². The van der Waals surface area contributed by atoms with Crippen molar-refractivity contribution < 1.29 is 12.8 Å². The maximum atomic E-state index is 13.4. The van der Waals surface area contributed by atoms with Crippen molar-refractivity contribution in [3.05, 3.63) is 51.6 Å². The Morgan fingerprint density at radius 3 is 2.59 bits per heavy atom. The summed E-state index contributed by atoms with van der Waals surface area (Å²) in [7, 11) is 0.0819. The van der Waals surface area contributed by atoms with E-state index in [2.05, 4.69) is 20.7 Å². The average Bonchev–Trinajstić information content (AvgIpc) is 2.86. The molecule has 0 bridgehead atoms. The standard InChI is InChI=1S/C14H16BrFN2O2S2/c1-18(2)12(10-4-3-5-11(16)8-10)9-17-22(19,20)14-7-6-13(15)21-14/h3-8,12,17H,9H2,1-2H3/t12-/m1/s1. The monoisotopic (exact) mass is 406 g/mol. The van der Waals surface area contributed by atoms with Crippen LogP contribution in [0.15, 0.2) is 44.4 Å². The van der Waals surface area contributed by atoms with Gasteiger partial charge in [0.2, 0.25) is 10.0 Å². The molecule has 0 fully saturated rings. The Morgan fingerprint density at radius 1 is 1.32 bits per heavy atom. The molecule has 0 amide bonds. The Bertz CT molecular complexity index is 747. The minimum Gasteiger partial charge on any atom is -0.301 e. The lowest BCUT2D eigenvalue weighted by molar-refractivity contribution is 0.299. The molecule has 0 saturated heterocycles. The highest BCUT2D eigenvalue weighted by Crippen LogP contribution is 2.26. The lowest BCUT2D eigenvalue weighted by Gasteiger charge is -2.25. The maximum Gasteiger partial charge on any atom is 0.250 e. The molecule has 0 saturated carbocycles. The van der Waals surface area contributed by atoms with E-state index in [4.69, 9.17) is 0 Å². The Morgan fingerprint density at radius 2 is 2.05 bits per heavy atom. The minimum atomic E-state index is -3.57. The molecule has 0 radical (unpaired) electrons. The summed E-state index contributed by atoms with van der Waals surface area (Å²) in [6.07, 6.45) is 0. The van der Waals surface area contributed by atoms with Crippen molar-refractivity contribution in [1.82, 2.24) is 9.62 Å². The van der Waals surface area contributed by atoms with Gasteiger partial charge in [-0.3, -0.25) is 0 Å². The van der Waals surface area contributed by atoms with Crippen LogP contribution in [0, 0.1) is 5.82 Å². The fourth-order valence-electron chi connectivity index (χ4n) is 2.01. The summed E-state index contributed by atoms with van der Waals surface area (Å²) in [6, 6.07) is 9.16. The summed E-state index contributed by atoms with van der Waals surface area (Å²) in [5.74, 6) is -0.339. The van der Waals surface area contributed by atoms with Crippen LogP contribution in [0.3, 0.4) is 0 Å². The first-order valence-corrected chi connectivity index (χ1v) is 9.56. The normalized spacial score (nSPS) is 13.5. The molecule has 8 heteroatoms. The van der Waals surface area contributed by atoms with Gasteiger partial charge in [0.25, 0.3) is 0 Å². The summed E-state index contributed by atoms with van der Waals surface area (Å²) in [4.78, 5) is 1.85. The molecular formula is C14H16BrFN2O2S2. The summed E-state index contributed by atoms with van der Waals surface area (Å²) in [5.41, 5.74) is 0.722. The average molecular weight is 407 g/mol. The van der Waals surface area contributed by atoms with Crippen molar-refractivity contribution in [1.29, 1.82) is 0 Å². The molecule has 22 heavy (non-hydrogen) atoms. The molecule has 0 aliphatic carbocycles. The first-order chi connectivity index (χ1) is 10.3. The summed E-state index contributed by atoms with van der Waals surface area (Å²) >= 11 is 4.39. The lowest BCUT2D eigenvalue weighted by atomic mass is 10.1. The largest absolute Gasteiger partial charge is 0.301 e. The minimum absolute atomic E-state index is 0.161. The maximum absolute atomic E-state index is 13.4. The van der Waals surface area contributed by atoms with E-state index >= 15 is 0 Å². The molecular weight excluding hydrogens is 391 g/mol. The number of halogens is 2. The Kier molecular flexibility index (Phi) is 5.73. The number of likely N-dealkylation sites (N-methyl/N-ethyl adjacent to an activating group) is 1. The second-order valence-electron chi connectivity index (χ2n) is 4.94. The SMILES string of the molecule is CN(C)[C@H](CNS(=O)(=O)c1ccc(Br)s1)c1cccc(F)c1. The van der Waals surface area contributed by atoms with Gasteiger partial charge in [-0.25, -0.2) is 17.5 Å². The van der Waals surface area contributed by atoms with Gasteiger partial charge in [0.1, 0.15) is 10.0 Å². The van der Waals surface area contributed by atoms with E-state index < -0.39 is 10.0 Å². The van der Waals surface area contributed by atoms with Gasteiger partial charge < -0.3 is 4.90 Å². The van der Waals surface area contributed by atoms with Crippen LogP contribution in [-0.2, 0) is 10.0 Å². The highest BCUT2D eigenvalue weighted by atomic mass is 79.9. The van der Waals surface area contributed by atoms with E-state index in [0.29, 0.717) is 0 Å². The van der Waals surface area contributed by atoms with Gasteiger partial charge in [-0.05, 0) is 59.9 Å². The molecule has 0 aliphatic rings. The van der Waals surface area contributed by atoms with Crippen LogP contribution in [0.25, 0.3) is 0 Å². The zero-order valence-corrected chi connectivity index (χ0v) is 15.3. The highest BCUT2D eigenvalue weighted by Gasteiger charge is 2.21. The van der Waals surface area contributed by atoms with E-state index in [1.54, 1.807) is 24.3 Å². The Balaban J connectivity index is 2.16. The van der Waals surface area contributed by atoms with Crippen molar-refractivity contribution >= 4 is 37.3 Å². The summed E-state index contributed by atoms with van der Waals surface area (Å²) in [6.45, 7) is 0.161. The van der Waals surface area contributed by atoms with E-state index in [9.17, 15) is 12.8 Å². The van der Waals surface area contributed by atoms with Crippen molar-refractivity contribution in [2.75, 3.05) is 20.6 Å². The first-order valence-electron chi connectivity index (χ1n) is 6.46. The van der Waals surface area contributed by atoms with Crippen LogP contribution in [0.1, 0.15) is 11.6 Å². The van der Waals surface area contributed by atoms with Gasteiger partial charge in [0.15, 0.2) is 0 Å². The van der Waals surface area contributed by atoms with Gasteiger partial charge >= 0.3 is 0 Å². The van der Waals surface area contributed by atoms with Gasteiger partial charge in [-0.2, -0.15) is 0 Å². The van der Waals surface area contributed by atoms with Crippen molar-refractivity contribution in [3.63, 3.8) is 0 Å². The number of nitrogens with one attached hydrogen (secondary N) is 1. The zero-order valence-electron chi connectivity index (χ0n) is 12.1. The number of hydrogen-bond acceptors (Lipinski definition) is 4. The molecule has 1 heterocycles. The number of sulfonamides is 1. The second-order valence-corrected chi connectivity index (χ2v) is 9.40. The van der Waals surface area contributed by atoms with Crippen molar-refractivity contribution in [2.45, 2.75) is 10.3 Å². The predicted octanol–water partition coefficient (Wildman–Crippen LogP) is 3.23. The summed E-state index contributed by atoms with van der Waals surface area (Å²) < 4.78 is 41.5. The smallest absolute Gasteiger partial charge is 0.250 e. The van der Waals surface area contributed by atoms with Crippen LogP contribution in [0.2, 0.25) is 0 Å². The molecule has 0 unspecified atom stereocenters. The fraction of sp³-hybridized carbons (Fsp3) is 0.286. The Labute approximate surface area is 142 Å². The third-order valence-electron chi connectivity index (χ3n) is 3.14. The van der Waals surface area contributed by atoms with Crippen LogP contribution < -0.4 is 4.72 Å². The van der Waals surface area contributed by atoms with Gasteiger partial charge in [-0.1, -0.05) is 12.1 Å². The van der Waals surface area contributed by atoms with Crippen LogP contribution in [0.4, 0.5) is 4.39 Å². The number of benzene rings is 1.